The number of amides is 2. The summed E-state index contributed by atoms with van der Waals surface area (Å²) in [5.74, 6) is 0.309. The average molecular weight is 483 g/mol. The number of nitrogens with zero attached hydrogens (tertiary/aromatic N) is 1. The van der Waals surface area contributed by atoms with Gasteiger partial charge in [-0.3, -0.25) is 14.3 Å². The number of hydrogen-bond acceptors (Lipinski definition) is 6. The van der Waals surface area contributed by atoms with Gasteiger partial charge in [-0.2, -0.15) is 0 Å². The van der Waals surface area contributed by atoms with E-state index in [1.54, 1.807) is 36.4 Å². The molecule has 0 aliphatic rings. The van der Waals surface area contributed by atoms with Crippen molar-refractivity contribution in [3.8, 4) is 11.6 Å². The Morgan fingerprint density at radius 3 is 2.18 bits per heavy atom. The highest BCUT2D eigenvalue weighted by molar-refractivity contribution is 7.92. The molecule has 0 fully saturated rings. The topological polar surface area (TPSA) is 126 Å². The lowest BCUT2D eigenvalue weighted by atomic mass is 10.2. The van der Waals surface area contributed by atoms with Gasteiger partial charge in [-0.15, -0.1) is 0 Å². The summed E-state index contributed by atoms with van der Waals surface area (Å²) in [5.41, 5.74) is 1.29. The van der Waals surface area contributed by atoms with Gasteiger partial charge < -0.3 is 15.4 Å². The Bertz CT molecular complexity index is 1240. The second kappa shape index (κ2) is 10.8. The standard InChI is InChI=1S/C24H26N4O5S/c1-4-16(2)26-24(30)18-5-14-23(25-15-18)33-21-10-6-20(7-11-21)28-34(31,32)22-12-8-19(9-13-22)27-17(3)29/h5-16,28H,4H2,1-3H3,(H,26,30)(H,27,29)/t16-/m1/s1. The summed E-state index contributed by atoms with van der Waals surface area (Å²) in [6.45, 7) is 5.29. The first-order valence-electron chi connectivity index (χ1n) is 10.6. The van der Waals surface area contributed by atoms with Crippen LogP contribution in [0.25, 0.3) is 0 Å². The number of pyridine rings is 1. The number of hydrogen-bond donors (Lipinski definition) is 3. The van der Waals surface area contributed by atoms with Gasteiger partial charge in [-0.1, -0.05) is 6.92 Å². The van der Waals surface area contributed by atoms with Crippen molar-refractivity contribution in [2.24, 2.45) is 0 Å². The Kier molecular flexibility index (Phi) is 7.85. The van der Waals surface area contributed by atoms with Crippen molar-refractivity contribution in [1.82, 2.24) is 10.3 Å². The number of benzene rings is 2. The highest BCUT2D eigenvalue weighted by Crippen LogP contribution is 2.24. The van der Waals surface area contributed by atoms with Gasteiger partial charge >= 0.3 is 0 Å². The van der Waals surface area contributed by atoms with Crippen LogP contribution in [0.1, 0.15) is 37.6 Å². The molecule has 0 aliphatic carbocycles. The van der Waals surface area contributed by atoms with Crippen LogP contribution in [0.2, 0.25) is 0 Å². The fourth-order valence-electron chi connectivity index (χ4n) is 2.83. The first-order valence-corrected chi connectivity index (χ1v) is 12.1. The third-order valence-electron chi connectivity index (χ3n) is 4.80. The van der Waals surface area contributed by atoms with Crippen LogP contribution in [0.15, 0.2) is 71.8 Å². The summed E-state index contributed by atoms with van der Waals surface area (Å²) < 4.78 is 33.4. The van der Waals surface area contributed by atoms with Gasteiger partial charge in [0.05, 0.1) is 10.5 Å². The Hall–Kier alpha value is -3.92. The highest BCUT2D eigenvalue weighted by Gasteiger charge is 2.15. The molecule has 0 spiro atoms. The van der Waals surface area contributed by atoms with Gasteiger partial charge in [0.15, 0.2) is 0 Å². The minimum absolute atomic E-state index is 0.0589. The second-order valence-electron chi connectivity index (χ2n) is 7.61. The highest BCUT2D eigenvalue weighted by atomic mass is 32.2. The summed E-state index contributed by atoms with van der Waals surface area (Å²) in [4.78, 5) is 27.4. The summed E-state index contributed by atoms with van der Waals surface area (Å²) in [5, 5.41) is 5.45. The molecule has 0 saturated carbocycles. The van der Waals surface area contributed by atoms with Crippen molar-refractivity contribution in [3.63, 3.8) is 0 Å². The van der Waals surface area contributed by atoms with E-state index in [0.29, 0.717) is 28.6 Å². The molecule has 0 saturated heterocycles. The van der Waals surface area contributed by atoms with E-state index in [2.05, 4.69) is 20.3 Å². The van der Waals surface area contributed by atoms with Crippen molar-refractivity contribution in [3.05, 3.63) is 72.4 Å². The molecule has 0 bridgehead atoms. The minimum atomic E-state index is -3.81. The molecule has 3 aromatic rings. The average Bonchev–Trinajstić information content (AvgIpc) is 2.80. The normalized spacial score (nSPS) is 11.9. The van der Waals surface area contributed by atoms with Crippen LogP contribution in [0.4, 0.5) is 11.4 Å². The van der Waals surface area contributed by atoms with Gasteiger partial charge in [-0.25, -0.2) is 13.4 Å². The van der Waals surface area contributed by atoms with E-state index in [1.165, 1.54) is 37.4 Å². The molecule has 0 radical (unpaired) electrons. The number of carbonyl (C=O) groups excluding carboxylic acids is 2. The zero-order chi connectivity index (χ0) is 24.7. The Morgan fingerprint density at radius 1 is 0.971 bits per heavy atom. The quantitative estimate of drug-likeness (QED) is 0.420. The van der Waals surface area contributed by atoms with Gasteiger partial charge in [0, 0.05) is 36.6 Å². The van der Waals surface area contributed by atoms with Crippen molar-refractivity contribution in [1.29, 1.82) is 0 Å². The van der Waals surface area contributed by atoms with Crippen LogP contribution in [-0.4, -0.2) is 31.3 Å². The predicted octanol–water partition coefficient (Wildman–Crippen LogP) is 4.16. The van der Waals surface area contributed by atoms with E-state index < -0.39 is 10.0 Å². The predicted molar refractivity (Wildman–Crippen MR) is 130 cm³/mol. The monoisotopic (exact) mass is 482 g/mol. The molecule has 0 unspecified atom stereocenters. The van der Waals surface area contributed by atoms with Crippen LogP contribution >= 0.6 is 0 Å². The van der Waals surface area contributed by atoms with E-state index in [-0.39, 0.29) is 22.8 Å². The summed E-state index contributed by atoms with van der Waals surface area (Å²) in [6.07, 6.45) is 2.27. The van der Waals surface area contributed by atoms with Gasteiger partial charge in [0.1, 0.15) is 5.75 Å². The molecule has 2 amide bonds. The van der Waals surface area contributed by atoms with Crippen molar-refractivity contribution < 1.29 is 22.7 Å². The Morgan fingerprint density at radius 2 is 1.62 bits per heavy atom. The number of ether oxygens (including phenoxy) is 1. The fourth-order valence-corrected chi connectivity index (χ4v) is 3.89. The summed E-state index contributed by atoms with van der Waals surface area (Å²) in [7, 11) is -3.81. The maximum Gasteiger partial charge on any atom is 0.261 e. The third kappa shape index (κ3) is 6.79. The molecule has 178 valence electrons. The number of rotatable bonds is 9. The van der Waals surface area contributed by atoms with Gasteiger partial charge in [-0.05, 0) is 67.9 Å². The lowest BCUT2D eigenvalue weighted by molar-refractivity contribution is -0.114. The van der Waals surface area contributed by atoms with Crippen LogP contribution in [0, 0.1) is 0 Å². The lowest BCUT2D eigenvalue weighted by Crippen LogP contribution is -2.31. The molecule has 1 aromatic heterocycles. The van der Waals surface area contributed by atoms with Gasteiger partial charge in [0.25, 0.3) is 15.9 Å². The molecular formula is C24H26N4O5S. The van der Waals surface area contributed by atoms with Crippen LogP contribution < -0.4 is 20.1 Å². The van der Waals surface area contributed by atoms with E-state index in [1.807, 2.05) is 13.8 Å². The number of sulfonamides is 1. The molecule has 2 aromatic carbocycles. The molecule has 9 nitrogen and oxygen atoms in total. The maximum absolute atomic E-state index is 12.6. The van der Waals surface area contributed by atoms with Crippen molar-refractivity contribution >= 4 is 33.2 Å². The Labute approximate surface area is 198 Å². The van der Waals surface area contributed by atoms with E-state index in [0.717, 1.165) is 6.42 Å². The van der Waals surface area contributed by atoms with E-state index in [4.69, 9.17) is 4.74 Å². The molecule has 1 atom stereocenters. The molecule has 0 aliphatic heterocycles. The summed E-state index contributed by atoms with van der Waals surface area (Å²) >= 11 is 0. The van der Waals surface area contributed by atoms with E-state index >= 15 is 0 Å². The Balaban J connectivity index is 1.61. The molecular weight excluding hydrogens is 456 g/mol. The fraction of sp³-hybridized carbons (Fsp3) is 0.208. The first-order chi connectivity index (χ1) is 16.2. The molecule has 3 rings (SSSR count). The summed E-state index contributed by atoms with van der Waals surface area (Å²) in [6, 6.07) is 15.4. The third-order valence-corrected chi connectivity index (χ3v) is 6.20. The van der Waals surface area contributed by atoms with Crippen LogP contribution in [0.3, 0.4) is 0 Å². The smallest absolute Gasteiger partial charge is 0.261 e. The second-order valence-corrected chi connectivity index (χ2v) is 9.29. The number of nitrogens with one attached hydrogen (secondary N) is 3. The molecule has 1 heterocycles. The maximum atomic E-state index is 12.6. The SMILES string of the molecule is CC[C@@H](C)NC(=O)c1ccc(Oc2ccc(NS(=O)(=O)c3ccc(NC(C)=O)cc3)cc2)nc1. The van der Waals surface area contributed by atoms with E-state index in [9.17, 15) is 18.0 Å². The van der Waals surface area contributed by atoms with Gasteiger partial charge in [0.2, 0.25) is 11.8 Å². The van der Waals surface area contributed by atoms with Crippen LogP contribution in [-0.2, 0) is 14.8 Å². The van der Waals surface area contributed by atoms with Crippen molar-refractivity contribution in [2.45, 2.75) is 38.1 Å². The van der Waals surface area contributed by atoms with Crippen molar-refractivity contribution in [2.75, 3.05) is 10.0 Å². The molecule has 34 heavy (non-hydrogen) atoms. The van der Waals surface area contributed by atoms with Crippen LogP contribution in [0.5, 0.6) is 11.6 Å². The zero-order valence-corrected chi connectivity index (χ0v) is 19.8. The lowest BCUT2D eigenvalue weighted by Gasteiger charge is -2.12. The minimum Gasteiger partial charge on any atom is -0.439 e. The number of aromatic nitrogens is 1. The first kappa shape index (κ1) is 24.7. The number of carbonyl (C=O) groups is 2. The molecule has 10 heteroatoms. The number of anilines is 2. The molecule has 3 N–H and O–H groups in total. The largest absolute Gasteiger partial charge is 0.439 e. The zero-order valence-electron chi connectivity index (χ0n) is 19.0.